The fraction of sp³-hybridized carbons (Fsp3) is 0.766. The molecule has 1 aliphatic rings. The Labute approximate surface area is 539 Å². The summed E-state index contributed by atoms with van der Waals surface area (Å²) in [7, 11) is 0. The van der Waals surface area contributed by atoms with Gasteiger partial charge < -0.3 is 45.1 Å². The van der Waals surface area contributed by atoms with Crippen LogP contribution in [0.25, 0.3) is 0 Å². The molecule has 88 heavy (non-hydrogen) atoms. The van der Waals surface area contributed by atoms with Crippen LogP contribution in [0.2, 0.25) is 0 Å². The number of aliphatic hydroxyl groups excluding tert-OH is 5. The largest absolute Gasteiger partial charge is 0.454 e. The molecule has 0 aliphatic carbocycles. The molecule has 1 amide bonds. The van der Waals surface area contributed by atoms with E-state index in [1.165, 1.54) is 161 Å². The van der Waals surface area contributed by atoms with Gasteiger partial charge in [0.05, 0.1) is 25.4 Å². The first-order chi connectivity index (χ1) is 43.2. The van der Waals surface area contributed by atoms with Crippen molar-refractivity contribution in [3.8, 4) is 0 Å². The van der Waals surface area contributed by atoms with Crippen molar-refractivity contribution in [3.05, 3.63) is 97.2 Å². The summed E-state index contributed by atoms with van der Waals surface area (Å²) in [5.74, 6) is -1.20. The molecule has 8 atom stereocenters. The van der Waals surface area contributed by atoms with Crippen molar-refractivity contribution in [2.75, 3.05) is 13.2 Å². The highest BCUT2D eigenvalue weighted by atomic mass is 16.7. The number of unbranched alkanes of at least 4 members (excludes halogenated alkanes) is 34. The van der Waals surface area contributed by atoms with Gasteiger partial charge in [0, 0.05) is 6.42 Å². The normalized spacial score (nSPS) is 18.8. The third-order valence-corrected chi connectivity index (χ3v) is 16.7. The number of hydrogen-bond acceptors (Lipinski definition) is 10. The van der Waals surface area contributed by atoms with E-state index in [-0.39, 0.29) is 19.4 Å². The lowest BCUT2D eigenvalue weighted by Gasteiger charge is -2.41. The Morgan fingerprint density at radius 3 is 1.19 bits per heavy atom. The lowest BCUT2D eigenvalue weighted by molar-refractivity contribution is -0.305. The first kappa shape index (κ1) is 82.6. The van der Waals surface area contributed by atoms with Crippen LogP contribution < -0.4 is 5.32 Å². The predicted molar refractivity (Wildman–Crippen MR) is 370 cm³/mol. The summed E-state index contributed by atoms with van der Waals surface area (Å²) in [6.45, 7) is 5.76. The second-order valence-electron chi connectivity index (χ2n) is 25.0. The summed E-state index contributed by atoms with van der Waals surface area (Å²) in [4.78, 5) is 26.7. The Hall–Kier alpha value is -3.42. The summed E-state index contributed by atoms with van der Waals surface area (Å²) in [5, 5.41) is 57.3. The Bertz CT molecular complexity index is 1800. The maximum Gasteiger partial charge on any atom is 0.306 e. The number of carbonyl (C=O) groups excluding carboxylic acids is 2. The van der Waals surface area contributed by atoms with Gasteiger partial charge in [-0.25, -0.2) is 0 Å². The summed E-state index contributed by atoms with van der Waals surface area (Å²) >= 11 is 0. The highest BCUT2D eigenvalue weighted by molar-refractivity contribution is 5.80. The van der Waals surface area contributed by atoms with Crippen LogP contribution in [0.5, 0.6) is 0 Å². The molecule has 8 unspecified atom stereocenters. The van der Waals surface area contributed by atoms with Gasteiger partial charge in [0.15, 0.2) is 12.4 Å². The molecule has 1 heterocycles. The average Bonchev–Trinajstić information content (AvgIpc) is 2.54. The van der Waals surface area contributed by atoms with Crippen molar-refractivity contribution >= 4 is 11.9 Å². The second-order valence-corrected chi connectivity index (χ2v) is 25.0. The van der Waals surface area contributed by atoms with E-state index >= 15 is 0 Å². The lowest BCUT2D eigenvalue weighted by atomic mass is 9.99. The van der Waals surface area contributed by atoms with E-state index in [4.69, 9.17) is 14.2 Å². The highest BCUT2D eigenvalue weighted by Gasteiger charge is 2.47. The van der Waals surface area contributed by atoms with Crippen LogP contribution in [0.1, 0.15) is 316 Å². The maximum atomic E-state index is 13.5. The van der Waals surface area contributed by atoms with Crippen molar-refractivity contribution in [2.45, 2.75) is 365 Å². The summed E-state index contributed by atoms with van der Waals surface area (Å²) in [6, 6.07) is -1.03. The summed E-state index contributed by atoms with van der Waals surface area (Å²) in [6.07, 6.45) is 75.8. The smallest absolute Gasteiger partial charge is 0.306 e. The van der Waals surface area contributed by atoms with E-state index in [0.717, 1.165) is 109 Å². The Morgan fingerprint density at radius 1 is 0.443 bits per heavy atom. The van der Waals surface area contributed by atoms with E-state index in [2.05, 4.69) is 111 Å². The molecule has 0 aromatic heterocycles. The first-order valence-electron chi connectivity index (χ1n) is 36.5. The molecule has 11 nitrogen and oxygen atoms in total. The van der Waals surface area contributed by atoms with Crippen LogP contribution in [0, 0.1) is 0 Å². The second kappa shape index (κ2) is 63.7. The molecule has 1 rings (SSSR count). The summed E-state index contributed by atoms with van der Waals surface area (Å²) in [5.41, 5.74) is 0. The van der Waals surface area contributed by atoms with Crippen LogP contribution in [-0.4, -0.2) is 99.6 Å². The number of amides is 1. The van der Waals surface area contributed by atoms with Crippen LogP contribution in [-0.2, 0) is 23.8 Å². The number of allylic oxidation sites excluding steroid dienone is 15. The van der Waals surface area contributed by atoms with Crippen molar-refractivity contribution in [1.82, 2.24) is 5.32 Å². The zero-order chi connectivity index (χ0) is 63.9. The van der Waals surface area contributed by atoms with Gasteiger partial charge in [-0.05, 0) is 109 Å². The Morgan fingerprint density at radius 2 is 0.784 bits per heavy atom. The lowest BCUT2D eigenvalue weighted by Crippen LogP contribution is -2.61. The van der Waals surface area contributed by atoms with Gasteiger partial charge in [0.1, 0.15) is 24.4 Å². The number of nitrogens with one attached hydrogen (secondary N) is 1. The van der Waals surface area contributed by atoms with Gasteiger partial charge >= 0.3 is 5.97 Å². The zero-order valence-corrected chi connectivity index (χ0v) is 56.6. The van der Waals surface area contributed by atoms with Crippen molar-refractivity contribution in [3.63, 3.8) is 0 Å². The number of esters is 1. The molecule has 0 saturated carbocycles. The average molecular weight is 1230 g/mol. The molecule has 1 saturated heterocycles. The van der Waals surface area contributed by atoms with Crippen LogP contribution in [0.15, 0.2) is 97.2 Å². The van der Waals surface area contributed by atoms with E-state index in [1.807, 2.05) is 6.08 Å². The van der Waals surface area contributed by atoms with Gasteiger partial charge in [-0.1, -0.05) is 298 Å². The third-order valence-electron chi connectivity index (χ3n) is 16.7. The standard InChI is InChI=1S/C77H135NO10/c1-4-7-10-13-16-19-22-25-27-29-31-33-35-36-37-39-41-43-45-47-50-53-56-59-62-65-72(82)88-75-74(84)73(83)71(66-79)87-77(75)86-67-68(69(80)63-60-57-54-51-48-24-21-18-15-12-9-6-3)78-76(85)70(81)64-61-58-55-52-49-46-44-42-40-38-34-32-30-28-26-23-20-17-14-11-8-5-2/h16-17,19-20,25-28,31-34,36-37,60,63,68-71,73-75,77,79-81,83-84H,4-15,18,21-24,29-30,35,38-59,61-62,64-67H2,1-3H3,(H,78,85)/b19-16-,20-17-,27-25-,28-26-,33-31-,34-32-,37-36-,63-60+. The van der Waals surface area contributed by atoms with Crippen LogP contribution in [0.4, 0.5) is 0 Å². The molecular formula is C77H135NO10. The molecule has 0 aromatic carbocycles. The number of hydrogen-bond donors (Lipinski definition) is 6. The molecule has 1 aliphatic heterocycles. The fourth-order valence-electron chi connectivity index (χ4n) is 10.9. The molecule has 0 aromatic rings. The molecule has 0 radical (unpaired) electrons. The summed E-state index contributed by atoms with van der Waals surface area (Å²) < 4.78 is 17.7. The zero-order valence-electron chi connectivity index (χ0n) is 56.6. The predicted octanol–water partition coefficient (Wildman–Crippen LogP) is 19.0. The minimum Gasteiger partial charge on any atom is -0.454 e. The first-order valence-corrected chi connectivity index (χ1v) is 36.5. The molecule has 11 heteroatoms. The molecule has 0 bridgehead atoms. The topological polar surface area (TPSA) is 175 Å². The fourth-order valence-corrected chi connectivity index (χ4v) is 10.9. The van der Waals surface area contributed by atoms with Crippen molar-refractivity contribution in [1.29, 1.82) is 0 Å². The molecule has 1 fully saturated rings. The number of ether oxygens (including phenoxy) is 3. The Kier molecular flexibility index (Phi) is 59.8. The molecular weight excluding hydrogens is 1100 g/mol. The molecule has 6 N–H and O–H groups in total. The van der Waals surface area contributed by atoms with Gasteiger partial charge in [-0.15, -0.1) is 0 Å². The van der Waals surface area contributed by atoms with Gasteiger partial charge in [0.2, 0.25) is 5.91 Å². The van der Waals surface area contributed by atoms with Gasteiger partial charge in [-0.2, -0.15) is 0 Å². The number of carbonyl (C=O) groups is 2. The van der Waals surface area contributed by atoms with E-state index in [9.17, 15) is 35.1 Å². The van der Waals surface area contributed by atoms with E-state index < -0.39 is 67.4 Å². The van der Waals surface area contributed by atoms with Gasteiger partial charge in [0.25, 0.3) is 0 Å². The monoisotopic (exact) mass is 1230 g/mol. The number of rotatable bonds is 62. The van der Waals surface area contributed by atoms with Crippen LogP contribution in [0.3, 0.4) is 0 Å². The molecule has 0 spiro atoms. The Balaban J connectivity index is 2.57. The van der Waals surface area contributed by atoms with Gasteiger partial charge in [-0.3, -0.25) is 9.59 Å². The third kappa shape index (κ3) is 50.3. The molecule has 508 valence electrons. The minimum absolute atomic E-state index is 0.112. The minimum atomic E-state index is -1.62. The van der Waals surface area contributed by atoms with E-state index in [0.29, 0.717) is 12.8 Å². The SMILES string of the molecule is CCCCC/C=C\C/C=C\C/C=C\C/C=C\CCCCCCCCCCCC(=O)OC1C(OCC(NC(=O)C(O)CCCCCCCCCCC/C=C\C/C=C\C/C=C\CCCCC)C(O)/C=C/CCCCCCCCCCCC)OC(CO)C(O)C1O. The van der Waals surface area contributed by atoms with Crippen LogP contribution >= 0.6 is 0 Å². The maximum absolute atomic E-state index is 13.5. The van der Waals surface area contributed by atoms with E-state index in [1.54, 1.807) is 6.08 Å². The van der Waals surface area contributed by atoms with Crippen molar-refractivity contribution in [2.24, 2.45) is 0 Å². The van der Waals surface area contributed by atoms with Crippen molar-refractivity contribution < 1.29 is 49.3 Å². The number of aliphatic hydroxyl groups is 5. The quantitative estimate of drug-likeness (QED) is 0.0195. The highest BCUT2D eigenvalue weighted by Crippen LogP contribution is 2.26.